The summed E-state index contributed by atoms with van der Waals surface area (Å²) < 4.78 is 63.8. The van der Waals surface area contributed by atoms with Gasteiger partial charge in [-0.15, -0.1) is 0 Å². The summed E-state index contributed by atoms with van der Waals surface area (Å²) in [6.07, 6.45) is 4.15. The predicted octanol–water partition coefficient (Wildman–Crippen LogP) is 2.18. The second-order valence-corrected chi connectivity index (χ2v) is 7.37. The van der Waals surface area contributed by atoms with E-state index in [0.29, 0.717) is 0 Å². The summed E-state index contributed by atoms with van der Waals surface area (Å²) in [6.45, 7) is 0. The molecule has 0 aliphatic heterocycles. The summed E-state index contributed by atoms with van der Waals surface area (Å²) in [4.78, 5) is 21.2. The van der Waals surface area contributed by atoms with Crippen LogP contribution in [0.15, 0.2) is 69.6 Å². The number of alkyl halides is 2. The molecule has 2 rings (SSSR count). The van der Waals surface area contributed by atoms with Gasteiger partial charge in [-0.1, -0.05) is 24.3 Å². The van der Waals surface area contributed by atoms with Crippen LogP contribution in [0.25, 0.3) is 0 Å². The highest BCUT2D eigenvalue weighted by molar-refractivity contribution is 7.99. The van der Waals surface area contributed by atoms with E-state index < -0.39 is 43.9 Å². The molecule has 0 N–H and O–H groups in total. The molecule has 9 heteroatoms. The average Bonchev–Trinajstić information content (AvgIpc) is 2.64. The minimum absolute atomic E-state index is 0.240. The molecule has 0 aromatic heterocycles. The number of halogens is 2. The first-order valence-electron chi connectivity index (χ1n) is 7.61. The van der Waals surface area contributed by atoms with Crippen LogP contribution in [0, 0.1) is 0 Å². The van der Waals surface area contributed by atoms with Crippen LogP contribution >= 0.6 is 0 Å². The fourth-order valence-electron chi connectivity index (χ4n) is 2.39. The number of hydrogen-bond acceptors (Lipinski definition) is 6. The average molecular weight is 398 g/mol. The van der Waals surface area contributed by atoms with Gasteiger partial charge in [-0.05, 0) is 23.3 Å². The number of methoxy groups -OCH3 is 2. The minimum atomic E-state index is -4.55. The second-order valence-electron chi connectivity index (χ2n) is 5.42. The Morgan fingerprint density at radius 3 is 1.59 bits per heavy atom. The molecule has 0 bridgehead atoms. The van der Waals surface area contributed by atoms with Crippen molar-refractivity contribution in [1.29, 1.82) is 0 Å². The molecule has 27 heavy (non-hydrogen) atoms. The van der Waals surface area contributed by atoms with E-state index in [1.54, 1.807) is 0 Å². The van der Waals surface area contributed by atoms with Gasteiger partial charge in [0.25, 0.3) is 0 Å². The van der Waals surface area contributed by atoms with Gasteiger partial charge in [-0.25, -0.2) is 26.8 Å². The summed E-state index contributed by atoms with van der Waals surface area (Å²) in [5, 5.41) is 0. The van der Waals surface area contributed by atoms with Gasteiger partial charge in [0, 0.05) is 12.2 Å². The highest BCUT2D eigenvalue weighted by Crippen LogP contribution is 2.35. The van der Waals surface area contributed by atoms with Gasteiger partial charge in [0.2, 0.25) is 9.84 Å². The lowest BCUT2D eigenvalue weighted by Gasteiger charge is -2.22. The molecule has 144 valence electrons. The largest absolute Gasteiger partial charge is 0.466 e. The molecule has 2 aliphatic carbocycles. The molecule has 2 aliphatic rings. The van der Waals surface area contributed by atoms with Crippen LogP contribution < -0.4 is 0 Å². The van der Waals surface area contributed by atoms with Crippen molar-refractivity contribution < 1.29 is 36.3 Å². The Hall–Kier alpha value is -2.81. The van der Waals surface area contributed by atoms with Crippen LogP contribution in [0.4, 0.5) is 8.78 Å². The molecule has 0 spiro atoms. The van der Waals surface area contributed by atoms with E-state index in [1.165, 1.54) is 24.3 Å². The maximum absolute atomic E-state index is 14.7. The highest BCUT2D eigenvalue weighted by atomic mass is 32.2. The number of sulfone groups is 1. The third-order valence-electron chi connectivity index (χ3n) is 3.78. The molecule has 0 saturated heterocycles. The minimum Gasteiger partial charge on any atom is -0.466 e. The van der Waals surface area contributed by atoms with Crippen molar-refractivity contribution in [2.24, 2.45) is 0 Å². The van der Waals surface area contributed by atoms with Gasteiger partial charge < -0.3 is 9.47 Å². The van der Waals surface area contributed by atoms with E-state index in [-0.39, 0.29) is 11.1 Å². The lowest BCUT2D eigenvalue weighted by Crippen LogP contribution is -2.25. The van der Waals surface area contributed by atoms with E-state index in [0.717, 1.165) is 38.5 Å². The molecular formula is C18H16F2O6S. The van der Waals surface area contributed by atoms with E-state index in [9.17, 15) is 26.8 Å². The molecule has 0 amide bonds. The Morgan fingerprint density at radius 1 is 0.889 bits per heavy atom. The molecule has 2 unspecified atom stereocenters. The smallest absolute Gasteiger partial charge is 0.330 e. The van der Waals surface area contributed by atoms with Gasteiger partial charge in [0.1, 0.15) is 0 Å². The molecule has 0 saturated carbocycles. The SMILES string of the molecule is COC(=O)C=C1C=CC=C(S(=O)(=O)C2=CC=CC(=CC(=O)OC)C2F)C1F. The van der Waals surface area contributed by atoms with Crippen molar-refractivity contribution in [2.45, 2.75) is 12.3 Å². The van der Waals surface area contributed by atoms with Crippen molar-refractivity contribution in [2.75, 3.05) is 14.2 Å². The second kappa shape index (κ2) is 8.26. The third kappa shape index (κ3) is 4.30. The van der Waals surface area contributed by atoms with Gasteiger partial charge in [-0.2, -0.15) is 0 Å². The van der Waals surface area contributed by atoms with Gasteiger partial charge in [0.05, 0.1) is 24.0 Å². The third-order valence-corrected chi connectivity index (χ3v) is 5.70. The number of allylic oxidation sites excluding steroid dienone is 10. The fourth-order valence-corrected chi connectivity index (χ4v) is 4.00. The molecule has 2 atom stereocenters. The standard InChI is InChI=1S/C18H16F2O6S/c1-25-15(21)9-11-5-3-7-13(17(11)19)27(23,24)14-8-4-6-12(18(14)20)10-16(22)26-2/h3-10,17-18H,1-2H3. The maximum atomic E-state index is 14.7. The van der Waals surface area contributed by atoms with Gasteiger partial charge in [-0.3, -0.25) is 0 Å². The van der Waals surface area contributed by atoms with Crippen LogP contribution in [0.1, 0.15) is 0 Å². The Kier molecular flexibility index (Phi) is 6.27. The molecule has 0 radical (unpaired) electrons. The Balaban J connectivity index is 2.41. The zero-order valence-electron chi connectivity index (χ0n) is 14.4. The van der Waals surface area contributed by atoms with E-state index in [1.807, 2.05) is 0 Å². The Bertz CT molecular complexity index is 865. The molecular weight excluding hydrogens is 382 g/mol. The normalized spacial score (nSPS) is 25.2. The number of carbonyl (C=O) groups is 2. The van der Waals surface area contributed by atoms with Crippen LogP contribution in [-0.2, 0) is 28.9 Å². The first kappa shape index (κ1) is 20.5. The maximum Gasteiger partial charge on any atom is 0.330 e. The molecule has 0 heterocycles. The predicted molar refractivity (Wildman–Crippen MR) is 93.4 cm³/mol. The fraction of sp³-hybridized carbons (Fsp3) is 0.222. The summed E-state index contributed by atoms with van der Waals surface area (Å²) in [5.41, 5.74) is -0.480. The summed E-state index contributed by atoms with van der Waals surface area (Å²) in [5.74, 6) is -1.72. The first-order valence-corrected chi connectivity index (χ1v) is 9.09. The van der Waals surface area contributed by atoms with Crippen LogP contribution in [0.5, 0.6) is 0 Å². The van der Waals surface area contributed by atoms with Gasteiger partial charge >= 0.3 is 11.9 Å². The highest BCUT2D eigenvalue weighted by Gasteiger charge is 2.38. The Morgan fingerprint density at radius 2 is 1.26 bits per heavy atom. The lowest BCUT2D eigenvalue weighted by molar-refractivity contribution is -0.135. The van der Waals surface area contributed by atoms with E-state index >= 15 is 0 Å². The molecule has 0 aromatic rings. The number of esters is 2. The van der Waals surface area contributed by atoms with E-state index in [2.05, 4.69) is 9.47 Å². The summed E-state index contributed by atoms with van der Waals surface area (Å²) in [7, 11) is -2.37. The molecule has 0 fully saturated rings. The molecule has 6 nitrogen and oxygen atoms in total. The van der Waals surface area contributed by atoms with Crippen LogP contribution in [0.3, 0.4) is 0 Å². The number of rotatable bonds is 4. The zero-order chi connectivity index (χ0) is 20.2. The first-order chi connectivity index (χ1) is 12.7. The van der Waals surface area contributed by atoms with Gasteiger partial charge in [0.15, 0.2) is 12.3 Å². The van der Waals surface area contributed by atoms with Crippen molar-refractivity contribution >= 4 is 21.8 Å². The van der Waals surface area contributed by atoms with Crippen molar-refractivity contribution in [3.8, 4) is 0 Å². The monoisotopic (exact) mass is 398 g/mol. The van der Waals surface area contributed by atoms with Crippen molar-refractivity contribution in [3.05, 3.63) is 69.6 Å². The number of hydrogen-bond donors (Lipinski definition) is 0. The summed E-state index contributed by atoms with van der Waals surface area (Å²) >= 11 is 0. The zero-order valence-corrected chi connectivity index (χ0v) is 15.2. The van der Waals surface area contributed by atoms with Crippen molar-refractivity contribution in [1.82, 2.24) is 0 Å². The topological polar surface area (TPSA) is 86.7 Å². The van der Waals surface area contributed by atoms with Crippen molar-refractivity contribution in [3.63, 3.8) is 0 Å². The van der Waals surface area contributed by atoms with Crippen LogP contribution in [0.2, 0.25) is 0 Å². The quantitative estimate of drug-likeness (QED) is 0.533. The summed E-state index contributed by atoms with van der Waals surface area (Å²) in [6, 6.07) is 0. The lowest BCUT2D eigenvalue weighted by atomic mass is 10.1. The van der Waals surface area contributed by atoms with Crippen LogP contribution in [-0.4, -0.2) is 46.9 Å². The molecule has 0 aromatic carbocycles. The Labute approximate surface area is 154 Å². The number of ether oxygens (including phenoxy) is 2. The number of carbonyl (C=O) groups excluding carboxylic acids is 2. The van der Waals surface area contributed by atoms with E-state index in [4.69, 9.17) is 0 Å².